The Labute approximate surface area is 229 Å². The van der Waals surface area contributed by atoms with Crippen molar-refractivity contribution >= 4 is 40.0 Å². The Hall–Kier alpha value is -5.32. The number of hydrogen-bond acceptors (Lipinski definition) is 9. The predicted molar refractivity (Wildman–Crippen MR) is 142 cm³/mol. The number of ether oxygens (including phenoxy) is 1. The maximum atomic E-state index is 16.0. The number of fused-ring (bicyclic) bond motifs is 5. The van der Waals surface area contributed by atoms with E-state index in [1.807, 2.05) is 0 Å². The number of rotatable bonds is 3. The third-order valence-corrected chi connectivity index (χ3v) is 7.94. The number of ketones is 4. The van der Waals surface area contributed by atoms with Gasteiger partial charge in [0.2, 0.25) is 5.78 Å². The quantitative estimate of drug-likeness (QED) is 0.214. The molecule has 0 saturated heterocycles. The van der Waals surface area contributed by atoms with Gasteiger partial charge in [0.1, 0.15) is 28.5 Å². The molecule has 10 nitrogen and oxygen atoms in total. The first kappa shape index (κ1) is 25.9. The Morgan fingerprint density at radius 1 is 0.951 bits per heavy atom. The number of allylic oxidation sites excluding steroid dienone is 5. The van der Waals surface area contributed by atoms with Crippen molar-refractivity contribution in [2.45, 2.75) is 25.2 Å². The van der Waals surface area contributed by atoms with Crippen LogP contribution in [0.4, 0.5) is 4.39 Å². The summed E-state index contributed by atoms with van der Waals surface area (Å²) in [6.07, 6.45) is 6.77. The zero-order chi connectivity index (χ0) is 29.5. The van der Waals surface area contributed by atoms with E-state index in [4.69, 9.17) is 4.74 Å². The van der Waals surface area contributed by atoms with E-state index >= 15 is 4.39 Å². The Morgan fingerprint density at radius 2 is 1.61 bits per heavy atom. The fraction of sp³-hybridized carbons (Fsp3) is 0.167. The molecule has 0 bridgehead atoms. The molecule has 1 spiro atoms. The van der Waals surface area contributed by atoms with Gasteiger partial charge in [0.25, 0.3) is 5.56 Å². The Morgan fingerprint density at radius 3 is 2.24 bits per heavy atom. The smallest absolute Gasteiger partial charge is 0.260 e. The minimum absolute atomic E-state index is 0.183. The van der Waals surface area contributed by atoms with Gasteiger partial charge in [-0.2, -0.15) is 0 Å². The SMILES string of the molecule is CC=CC=Cc1cc2c(F)c3c(c(O)c2c(=O)[nH]1)[C@@]1(CC3)C(=O)c2c(O)c3c(c(O)c2C1=O)C(=O)C(OC)=CC3=O. The molecular weight excluding hydrogens is 537 g/mol. The molecule has 3 aliphatic rings. The molecule has 0 saturated carbocycles. The van der Waals surface area contributed by atoms with Crippen LogP contribution in [0.3, 0.4) is 0 Å². The van der Waals surface area contributed by atoms with Gasteiger partial charge in [-0.25, -0.2) is 4.39 Å². The second-order valence-corrected chi connectivity index (χ2v) is 9.91. The lowest BCUT2D eigenvalue weighted by atomic mass is 9.76. The zero-order valence-electron chi connectivity index (χ0n) is 21.5. The summed E-state index contributed by atoms with van der Waals surface area (Å²) in [4.78, 5) is 69.2. The molecule has 1 heterocycles. The molecule has 41 heavy (non-hydrogen) atoms. The van der Waals surface area contributed by atoms with Crippen molar-refractivity contribution in [2.75, 3.05) is 7.11 Å². The maximum Gasteiger partial charge on any atom is 0.260 e. The number of H-pyrrole nitrogens is 1. The molecule has 3 aliphatic carbocycles. The summed E-state index contributed by atoms with van der Waals surface area (Å²) in [6, 6.07) is 1.31. The van der Waals surface area contributed by atoms with Gasteiger partial charge in [-0.15, -0.1) is 0 Å². The lowest BCUT2D eigenvalue weighted by Gasteiger charge is -2.23. The first-order valence-corrected chi connectivity index (χ1v) is 12.5. The van der Waals surface area contributed by atoms with Crippen LogP contribution in [-0.2, 0) is 16.6 Å². The van der Waals surface area contributed by atoms with E-state index in [1.165, 1.54) is 12.1 Å². The molecular formula is C30H20FNO9. The number of nitrogens with one attached hydrogen (secondary N) is 1. The molecule has 4 N–H and O–H groups in total. The molecule has 1 atom stereocenters. The van der Waals surface area contributed by atoms with E-state index in [1.54, 1.807) is 25.2 Å². The van der Waals surface area contributed by atoms with E-state index in [0.29, 0.717) is 0 Å². The molecule has 206 valence electrons. The van der Waals surface area contributed by atoms with Gasteiger partial charge in [-0.3, -0.25) is 24.0 Å². The third-order valence-electron chi connectivity index (χ3n) is 7.94. The number of phenolic OH excluding ortho intramolecular Hbond substituents is 3. The highest BCUT2D eigenvalue weighted by molar-refractivity contribution is 6.38. The van der Waals surface area contributed by atoms with Crippen LogP contribution < -0.4 is 5.56 Å². The molecule has 6 rings (SSSR count). The fourth-order valence-corrected chi connectivity index (χ4v) is 6.16. The summed E-state index contributed by atoms with van der Waals surface area (Å²) in [7, 11) is 1.11. The van der Waals surface area contributed by atoms with Gasteiger partial charge < -0.3 is 25.0 Å². The number of phenols is 3. The summed E-state index contributed by atoms with van der Waals surface area (Å²) in [5.74, 6) is -8.37. The highest BCUT2D eigenvalue weighted by Gasteiger charge is 2.62. The zero-order valence-corrected chi connectivity index (χ0v) is 21.5. The number of methoxy groups -OCH3 is 1. The summed E-state index contributed by atoms with van der Waals surface area (Å²) in [5, 5.41) is 32.7. The number of aromatic amines is 1. The normalized spacial score (nSPS) is 19.5. The molecule has 2 aromatic carbocycles. The van der Waals surface area contributed by atoms with E-state index in [2.05, 4.69) is 4.98 Å². The number of pyridine rings is 1. The van der Waals surface area contributed by atoms with Crippen molar-refractivity contribution in [1.82, 2.24) is 4.98 Å². The van der Waals surface area contributed by atoms with Crippen LogP contribution in [0.2, 0.25) is 0 Å². The van der Waals surface area contributed by atoms with E-state index in [-0.39, 0.29) is 29.5 Å². The molecule has 11 heteroatoms. The topological polar surface area (TPSA) is 171 Å². The monoisotopic (exact) mass is 557 g/mol. The third kappa shape index (κ3) is 3.08. The van der Waals surface area contributed by atoms with Crippen molar-refractivity contribution in [3.05, 3.63) is 91.4 Å². The van der Waals surface area contributed by atoms with Gasteiger partial charge in [0.15, 0.2) is 23.1 Å². The lowest BCUT2D eigenvalue weighted by molar-refractivity contribution is 0.0790. The molecule has 1 aromatic heterocycles. The number of aromatic hydroxyl groups is 3. The minimum Gasteiger partial charge on any atom is -0.507 e. The van der Waals surface area contributed by atoms with Gasteiger partial charge in [-0.05, 0) is 37.5 Å². The standard InChI is InChI=1S/C30H20FNO9/c1-3-4-5-6-11-9-13-16(29(40)32-11)26(37)21-12(22(13)31)7-8-30(21)27(38)19-20(28(30)39)25(36)18-17(24(19)35)14(33)10-15(41-2)23(18)34/h3-6,9-10,35-37H,7-8H2,1-2H3,(H,32,40)/t30-/m0/s1. The molecule has 3 aromatic rings. The molecule has 0 aliphatic heterocycles. The number of halogens is 1. The Kier molecular flexibility index (Phi) is 5.43. The van der Waals surface area contributed by atoms with Gasteiger partial charge in [-0.1, -0.05) is 18.2 Å². The van der Waals surface area contributed by atoms with Crippen molar-refractivity contribution in [3.8, 4) is 17.2 Å². The van der Waals surface area contributed by atoms with Crippen molar-refractivity contribution in [1.29, 1.82) is 0 Å². The average molecular weight is 557 g/mol. The van der Waals surface area contributed by atoms with Gasteiger partial charge in [0, 0.05) is 22.7 Å². The Balaban J connectivity index is 1.62. The molecule has 0 fully saturated rings. The summed E-state index contributed by atoms with van der Waals surface area (Å²) in [5.41, 5.74) is -6.47. The molecule has 0 radical (unpaired) electrons. The Bertz CT molecular complexity index is 1980. The van der Waals surface area contributed by atoms with Crippen LogP contribution in [-0.4, -0.2) is 50.5 Å². The van der Waals surface area contributed by atoms with Crippen LogP contribution >= 0.6 is 0 Å². The lowest BCUT2D eigenvalue weighted by Crippen LogP contribution is -2.36. The summed E-state index contributed by atoms with van der Waals surface area (Å²) < 4.78 is 20.9. The minimum atomic E-state index is -2.32. The van der Waals surface area contributed by atoms with E-state index in [0.717, 1.165) is 13.2 Å². The first-order chi connectivity index (χ1) is 19.5. The van der Waals surface area contributed by atoms with Crippen LogP contribution in [0.15, 0.2) is 40.9 Å². The highest BCUT2D eigenvalue weighted by atomic mass is 19.1. The number of aromatic nitrogens is 1. The van der Waals surface area contributed by atoms with Crippen molar-refractivity contribution < 1.29 is 43.6 Å². The number of benzene rings is 2. The predicted octanol–water partition coefficient (Wildman–Crippen LogP) is 3.55. The van der Waals surface area contributed by atoms with Crippen molar-refractivity contribution in [3.63, 3.8) is 0 Å². The van der Waals surface area contributed by atoms with Crippen LogP contribution in [0.25, 0.3) is 16.8 Å². The number of hydrogen-bond donors (Lipinski definition) is 4. The van der Waals surface area contributed by atoms with Crippen LogP contribution in [0.5, 0.6) is 17.2 Å². The number of carbonyl (C=O) groups is 4. The fourth-order valence-electron chi connectivity index (χ4n) is 6.16. The van der Waals surface area contributed by atoms with E-state index < -0.39 is 96.1 Å². The van der Waals surface area contributed by atoms with E-state index in [9.17, 15) is 39.3 Å². The molecule has 0 amide bonds. The van der Waals surface area contributed by atoms with Crippen molar-refractivity contribution in [2.24, 2.45) is 0 Å². The van der Waals surface area contributed by atoms with Gasteiger partial charge in [0.05, 0.1) is 34.7 Å². The summed E-state index contributed by atoms with van der Waals surface area (Å²) in [6.45, 7) is 1.78. The first-order valence-electron chi connectivity index (χ1n) is 12.5. The molecule has 0 unspecified atom stereocenters. The summed E-state index contributed by atoms with van der Waals surface area (Å²) >= 11 is 0. The van der Waals surface area contributed by atoms with Crippen LogP contribution in [0.1, 0.15) is 71.6 Å². The second kappa shape index (κ2) is 8.59. The maximum absolute atomic E-state index is 16.0. The second-order valence-electron chi connectivity index (χ2n) is 9.91. The number of Topliss-reactive ketones (excluding diaryl/α,β-unsaturated/α-hetero) is 3. The van der Waals surface area contributed by atoms with Gasteiger partial charge >= 0.3 is 0 Å². The highest BCUT2D eigenvalue weighted by Crippen LogP contribution is 2.57. The largest absolute Gasteiger partial charge is 0.507 e. The average Bonchev–Trinajstić information content (AvgIpc) is 3.45. The van der Waals surface area contributed by atoms with Crippen LogP contribution in [0, 0.1) is 5.82 Å². The number of carbonyl (C=O) groups excluding carboxylic acids is 4.